The Balaban J connectivity index is 1.99. The van der Waals surface area contributed by atoms with Crippen molar-refractivity contribution in [3.05, 3.63) is 46.7 Å². The molecular formula is C15H14ClN5O2. The summed E-state index contributed by atoms with van der Waals surface area (Å²) in [7, 11) is 1.61. The molecule has 0 saturated heterocycles. The number of halogens is 1. The van der Waals surface area contributed by atoms with Crippen LogP contribution < -0.4 is 16.2 Å². The van der Waals surface area contributed by atoms with E-state index in [1.165, 1.54) is 0 Å². The van der Waals surface area contributed by atoms with Gasteiger partial charge in [0.2, 0.25) is 0 Å². The van der Waals surface area contributed by atoms with Crippen LogP contribution in [0.3, 0.4) is 0 Å². The Hall–Kier alpha value is -2.80. The van der Waals surface area contributed by atoms with Crippen molar-refractivity contribution in [1.82, 2.24) is 14.8 Å². The highest BCUT2D eigenvalue weighted by atomic mass is 35.5. The Morgan fingerprint density at radius 2 is 2.04 bits per heavy atom. The first-order valence-corrected chi connectivity index (χ1v) is 7.12. The van der Waals surface area contributed by atoms with Gasteiger partial charge < -0.3 is 16.2 Å². The zero-order valence-corrected chi connectivity index (χ0v) is 13.0. The van der Waals surface area contributed by atoms with E-state index in [1.807, 2.05) is 24.3 Å². The van der Waals surface area contributed by atoms with Crippen LogP contribution in [0.25, 0.3) is 11.0 Å². The Morgan fingerprint density at radius 1 is 1.35 bits per heavy atom. The molecule has 0 atom stereocenters. The summed E-state index contributed by atoms with van der Waals surface area (Å²) in [5, 5.41) is 4.82. The molecule has 0 saturated carbocycles. The zero-order valence-electron chi connectivity index (χ0n) is 12.3. The number of methoxy groups -OCH3 is 1. The van der Waals surface area contributed by atoms with Gasteiger partial charge in [-0.1, -0.05) is 23.7 Å². The number of nitrogens with two attached hydrogens (primary N) is 2. The van der Waals surface area contributed by atoms with Gasteiger partial charge in [-0.25, -0.2) is 4.98 Å². The monoisotopic (exact) mass is 331 g/mol. The lowest BCUT2D eigenvalue weighted by molar-refractivity contribution is 0.100. The molecule has 2 aromatic heterocycles. The minimum absolute atomic E-state index is 0.0168. The van der Waals surface area contributed by atoms with Crippen molar-refractivity contribution >= 4 is 34.2 Å². The van der Waals surface area contributed by atoms with E-state index in [9.17, 15) is 4.79 Å². The quantitative estimate of drug-likeness (QED) is 0.709. The van der Waals surface area contributed by atoms with E-state index < -0.39 is 5.91 Å². The summed E-state index contributed by atoms with van der Waals surface area (Å²) in [6.45, 7) is 0.517. The van der Waals surface area contributed by atoms with Gasteiger partial charge in [0, 0.05) is 6.20 Å². The molecule has 118 valence electrons. The topological polar surface area (TPSA) is 109 Å². The molecule has 0 spiro atoms. The molecule has 0 fully saturated rings. The lowest BCUT2D eigenvalue weighted by atomic mass is 10.2. The third-order valence-electron chi connectivity index (χ3n) is 3.46. The number of primary amides is 1. The maximum Gasteiger partial charge on any atom is 0.253 e. The summed E-state index contributed by atoms with van der Waals surface area (Å²) < 4.78 is 6.80. The number of nitrogens with zero attached hydrogens (tertiary/aromatic N) is 3. The fourth-order valence-corrected chi connectivity index (χ4v) is 2.59. The summed E-state index contributed by atoms with van der Waals surface area (Å²) in [6.07, 6.45) is 1.71. The van der Waals surface area contributed by atoms with E-state index in [0.29, 0.717) is 17.6 Å². The first-order valence-electron chi connectivity index (χ1n) is 6.74. The molecule has 1 aromatic carbocycles. The molecule has 0 aliphatic rings. The van der Waals surface area contributed by atoms with E-state index in [2.05, 4.69) is 10.1 Å². The number of carbonyl (C=O) groups is 1. The number of amides is 1. The van der Waals surface area contributed by atoms with Crippen LogP contribution >= 0.6 is 11.6 Å². The van der Waals surface area contributed by atoms with Crippen LogP contribution in [0, 0.1) is 0 Å². The van der Waals surface area contributed by atoms with Gasteiger partial charge in [-0.3, -0.25) is 9.48 Å². The summed E-state index contributed by atoms with van der Waals surface area (Å²) in [5.41, 5.74) is 12.9. The normalized spacial score (nSPS) is 10.9. The van der Waals surface area contributed by atoms with Gasteiger partial charge in [0.05, 0.1) is 24.7 Å². The number of pyridine rings is 1. The van der Waals surface area contributed by atoms with Crippen LogP contribution in [-0.2, 0) is 6.54 Å². The number of hydrogen-bond donors (Lipinski definition) is 2. The minimum atomic E-state index is -0.718. The molecule has 4 N–H and O–H groups in total. The highest BCUT2D eigenvalue weighted by molar-refractivity contribution is 6.34. The number of rotatable bonds is 4. The van der Waals surface area contributed by atoms with Gasteiger partial charge in [0.15, 0.2) is 5.65 Å². The van der Waals surface area contributed by atoms with Gasteiger partial charge in [-0.2, -0.15) is 5.10 Å². The number of carbonyl (C=O) groups excluding carboxylic acids is 1. The molecule has 3 rings (SSSR count). The van der Waals surface area contributed by atoms with E-state index in [0.717, 1.165) is 11.3 Å². The Kier molecular flexibility index (Phi) is 3.79. The Labute approximate surface area is 136 Å². The van der Waals surface area contributed by atoms with Crippen molar-refractivity contribution in [3.63, 3.8) is 0 Å². The molecule has 0 aliphatic carbocycles. The Morgan fingerprint density at radius 3 is 2.65 bits per heavy atom. The largest absolute Gasteiger partial charge is 0.497 e. The highest BCUT2D eigenvalue weighted by Crippen LogP contribution is 2.28. The number of aromatic nitrogens is 3. The summed E-state index contributed by atoms with van der Waals surface area (Å²) in [6, 6.07) is 7.61. The van der Waals surface area contributed by atoms with Crippen LogP contribution in [0.5, 0.6) is 5.75 Å². The molecule has 8 heteroatoms. The van der Waals surface area contributed by atoms with Gasteiger partial charge >= 0.3 is 0 Å². The molecular weight excluding hydrogens is 318 g/mol. The van der Waals surface area contributed by atoms with Crippen molar-refractivity contribution in [2.24, 2.45) is 5.73 Å². The molecule has 7 nitrogen and oxygen atoms in total. The van der Waals surface area contributed by atoms with Gasteiger partial charge in [0.1, 0.15) is 16.5 Å². The number of fused-ring (bicyclic) bond motifs is 1. The molecule has 2 heterocycles. The summed E-state index contributed by atoms with van der Waals surface area (Å²) >= 11 is 5.95. The van der Waals surface area contributed by atoms with Crippen molar-refractivity contribution in [1.29, 1.82) is 0 Å². The molecule has 23 heavy (non-hydrogen) atoms. The fourth-order valence-electron chi connectivity index (χ4n) is 2.31. The van der Waals surface area contributed by atoms with E-state index in [4.69, 9.17) is 27.8 Å². The second-order valence-electron chi connectivity index (χ2n) is 4.97. The number of benzene rings is 1. The van der Waals surface area contributed by atoms with Crippen LogP contribution in [-0.4, -0.2) is 27.8 Å². The maximum absolute atomic E-state index is 11.4. The molecule has 0 radical (unpaired) electrons. The molecule has 0 bridgehead atoms. The SMILES string of the molecule is COc1ccc(Cn2cc3c(N)c(C(N)=O)c(Cl)nc3n2)cc1. The first-order chi connectivity index (χ1) is 11.0. The third-order valence-corrected chi connectivity index (χ3v) is 3.74. The number of ether oxygens (including phenoxy) is 1. The maximum atomic E-state index is 11.4. The minimum Gasteiger partial charge on any atom is -0.497 e. The predicted molar refractivity (Wildman–Crippen MR) is 87.6 cm³/mol. The van der Waals surface area contributed by atoms with Gasteiger partial charge in [0.25, 0.3) is 5.91 Å². The number of nitrogen functional groups attached to an aromatic ring is 1. The van der Waals surface area contributed by atoms with E-state index in [-0.39, 0.29) is 16.4 Å². The van der Waals surface area contributed by atoms with Crippen LogP contribution in [0.1, 0.15) is 15.9 Å². The highest BCUT2D eigenvalue weighted by Gasteiger charge is 2.18. The van der Waals surface area contributed by atoms with E-state index in [1.54, 1.807) is 18.0 Å². The lowest BCUT2D eigenvalue weighted by Gasteiger charge is -2.03. The van der Waals surface area contributed by atoms with Crippen LogP contribution in [0.15, 0.2) is 30.5 Å². The smallest absolute Gasteiger partial charge is 0.253 e. The number of anilines is 1. The van der Waals surface area contributed by atoms with E-state index >= 15 is 0 Å². The standard InChI is InChI=1S/C15H14ClN5O2/c1-23-9-4-2-8(3-5-9)6-21-7-10-12(17)11(14(18)22)13(16)19-15(10)20-21/h2-5,7H,6,17H2,1H3,(H2,18,22). The average molecular weight is 332 g/mol. The van der Waals surface area contributed by atoms with Crippen molar-refractivity contribution < 1.29 is 9.53 Å². The molecule has 0 aliphatic heterocycles. The molecule has 3 aromatic rings. The second kappa shape index (κ2) is 5.77. The van der Waals surface area contributed by atoms with Crippen molar-refractivity contribution in [2.75, 3.05) is 12.8 Å². The lowest BCUT2D eigenvalue weighted by Crippen LogP contribution is -2.15. The van der Waals surface area contributed by atoms with Crippen LogP contribution in [0.4, 0.5) is 5.69 Å². The molecule has 0 unspecified atom stereocenters. The molecule has 1 amide bonds. The zero-order chi connectivity index (χ0) is 16.6. The van der Waals surface area contributed by atoms with Crippen molar-refractivity contribution in [3.8, 4) is 5.75 Å². The number of hydrogen-bond acceptors (Lipinski definition) is 5. The van der Waals surface area contributed by atoms with Crippen LogP contribution in [0.2, 0.25) is 5.15 Å². The average Bonchev–Trinajstić information content (AvgIpc) is 2.90. The summed E-state index contributed by atoms with van der Waals surface area (Å²) in [5.74, 6) is 0.0629. The fraction of sp³-hybridized carbons (Fsp3) is 0.133. The van der Waals surface area contributed by atoms with Crippen molar-refractivity contribution in [2.45, 2.75) is 6.54 Å². The predicted octanol–water partition coefficient (Wildman–Crippen LogP) is 1.82. The third kappa shape index (κ3) is 2.78. The van der Waals surface area contributed by atoms with Gasteiger partial charge in [-0.05, 0) is 17.7 Å². The Bertz CT molecular complexity index is 889. The summed E-state index contributed by atoms with van der Waals surface area (Å²) in [4.78, 5) is 15.5. The van der Waals surface area contributed by atoms with Gasteiger partial charge in [-0.15, -0.1) is 0 Å². The first kappa shape index (κ1) is 15.1. The second-order valence-corrected chi connectivity index (χ2v) is 5.33.